The topological polar surface area (TPSA) is 21.3 Å². The van der Waals surface area contributed by atoms with Gasteiger partial charge in [-0.05, 0) is 29.8 Å². The largest absolute Gasteiger partial charge is 0.382 e. The average Bonchev–Trinajstić information content (AvgIpc) is 2.42. The third-order valence-electron chi connectivity index (χ3n) is 2.62. The van der Waals surface area contributed by atoms with Gasteiger partial charge < -0.3 is 10.1 Å². The Balaban J connectivity index is 1.67. The molecule has 2 nitrogen and oxygen atoms in total. The second-order valence-corrected chi connectivity index (χ2v) is 4.93. The maximum Gasteiger partial charge on any atom is 0.0717 e. The first-order valence-corrected chi connectivity index (χ1v) is 6.82. The summed E-state index contributed by atoms with van der Waals surface area (Å²) in [5, 5.41) is 4.69. The molecule has 0 atom stereocenters. The lowest BCUT2D eigenvalue weighted by Crippen LogP contribution is -2.09. The van der Waals surface area contributed by atoms with Gasteiger partial charge in [0.15, 0.2) is 0 Å². The molecule has 0 aliphatic rings. The fourth-order valence-corrected chi connectivity index (χ4v) is 1.96. The number of anilines is 1. The van der Waals surface area contributed by atoms with Crippen molar-refractivity contribution in [1.29, 1.82) is 0 Å². The molecule has 0 radical (unpaired) electrons. The molecule has 0 saturated carbocycles. The fraction of sp³-hybridized carbons (Fsp3) is 0.200. The van der Waals surface area contributed by atoms with Gasteiger partial charge in [0.1, 0.15) is 0 Å². The van der Waals surface area contributed by atoms with Crippen molar-refractivity contribution in [2.45, 2.75) is 6.61 Å². The van der Waals surface area contributed by atoms with Crippen LogP contribution in [0.4, 0.5) is 5.69 Å². The summed E-state index contributed by atoms with van der Waals surface area (Å²) < 4.78 is 5.57. The van der Waals surface area contributed by atoms with Crippen molar-refractivity contribution in [3.8, 4) is 0 Å². The Hall–Kier alpha value is -1.22. The molecule has 0 aliphatic heterocycles. The van der Waals surface area contributed by atoms with Crippen LogP contribution in [-0.4, -0.2) is 13.2 Å². The molecule has 2 aromatic carbocycles. The summed E-state index contributed by atoms with van der Waals surface area (Å²) in [6.07, 6.45) is 0. The standard InChI is InChI=1S/C15H15Cl2NO/c16-13-7-5-12(6-8-13)11-19-10-9-18-15-4-2-1-3-14(15)17/h1-8,18H,9-11H2. The number of hydrogen-bond acceptors (Lipinski definition) is 2. The molecule has 2 aromatic rings. The average molecular weight is 296 g/mol. The van der Waals surface area contributed by atoms with Crippen LogP contribution in [0.3, 0.4) is 0 Å². The minimum absolute atomic E-state index is 0.585. The Kier molecular flexibility index (Phi) is 5.52. The Morgan fingerprint density at radius 2 is 1.68 bits per heavy atom. The summed E-state index contributed by atoms with van der Waals surface area (Å²) in [5.74, 6) is 0. The van der Waals surface area contributed by atoms with Crippen LogP contribution in [0, 0.1) is 0 Å². The van der Waals surface area contributed by atoms with Gasteiger partial charge in [0, 0.05) is 11.6 Å². The number of nitrogens with one attached hydrogen (secondary N) is 1. The number of benzene rings is 2. The van der Waals surface area contributed by atoms with Crippen molar-refractivity contribution in [1.82, 2.24) is 0 Å². The van der Waals surface area contributed by atoms with Crippen LogP contribution in [0.5, 0.6) is 0 Å². The molecule has 0 amide bonds. The van der Waals surface area contributed by atoms with Crippen LogP contribution in [0.2, 0.25) is 10.0 Å². The van der Waals surface area contributed by atoms with Gasteiger partial charge in [-0.3, -0.25) is 0 Å². The third-order valence-corrected chi connectivity index (χ3v) is 3.20. The maximum atomic E-state index is 6.03. The van der Waals surface area contributed by atoms with Crippen molar-refractivity contribution >= 4 is 28.9 Å². The van der Waals surface area contributed by atoms with Gasteiger partial charge in [-0.25, -0.2) is 0 Å². The van der Waals surface area contributed by atoms with Crippen molar-refractivity contribution < 1.29 is 4.74 Å². The highest BCUT2D eigenvalue weighted by Gasteiger charge is 1.97. The summed E-state index contributed by atoms with van der Waals surface area (Å²) in [7, 11) is 0. The van der Waals surface area contributed by atoms with E-state index in [0.717, 1.165) is 27.8 Å². The Labute approximate surface area is 123 Å². The predicted molar refractivity (Wildman–Crippen MR) is 81.0 cm³/mol. The van der Waals surface area contributed by atoms with Crippen LogP contribution in [-0.2, 0) is 11.3 Å². The summed E-state index contributed by atoms with van der Waals surface area (Å²) in [4.78, 5) is 0. The smallest absolute Gasteiger partial charge is 0.0717 e. The van der Waals surface area contributed by atoms with E-state index in [1.54, 1.807) is 0 Å². The van der Waals surface area contributed by atoms with E-state index in [9.17, 15) is 0 Å². The van der Waals surface area contributed by atoms with Gasteiger partial charge in [0.25, 0.3) is 0 Å². The molecule has 2 rings (SSSR count). The summed E-state index contributed by atoms with van der Waals surface area (Å²) in [5.41, 5.74) is 2.04. The van der Waals surface area contributed by atoms with E-state index < -0.39 is 0 Å². The van der Waals surface area contributed by atoms with Gasteiger partial charge >= 0.3 is 0 Å². The molecule has 0 heterocycles. The zero-order chi connectivity index (χ0) is 13.5. The Morgan fingerprint density at radius 1 is 0.947 bits per heavy atom. The number of para-hydroxylation sites is 1. The van der Waals surface area contributed by atoms with Gasteiger partial charge in [-0.2, -0.15) is 0 Å². The van der Waals surface area contributed by atoms with E-state index in [1.165, 1.54) is 0 Å². The number of hydrogen-bond donors (Lipinski definition) is 1. The minimum Gasteiger partial charge on any atom is -0.382 e. The highest BCUT2D eigenvalue weighted by atomic mass is 35.5. The lowest BCUT2D eigenvalue weighted by atomic mass is 10.2. The summed E-state index contributed by atoms with van der Waals surface area (Å²) >= 11 is 11.8. The fourth-order valence-electron chi connectivity index (χ4n) is 1.63. The van der Waals surface area contributed by atoms with Gasteiger partial charge in [-0.15, -0.1) is 0 Å². The first-order valence-electron chi connectivity index (χ1n) is 6.06. The van der Waals surface area contributed by atoms with Crippen molar-refractivity contribution in [2.24, 2.45) is 0 Å². The predicted octanol–water partition coefficient (Wildman–Crippen LogP) is 4.62. The van der Waals surface area contributed by atoms with Crippen LogP contribution in [0.1, 0.15) is 5.56 Å². The summed E-state index contributed by atoms with van der Waals surface area (Å²) in [6, 6.07) is 15.3. The monoisotopic (exact) mass is 295 g/mol. The second-order valence-electron chi connectivity index (χ2n) is 4.09. The lowest BCUT2D eigenvalue weighted by molar-refractivity contribution is 0.130. The summed E-state index contributed by atoms with van der Waals surface area (Å²) in [6.45, 7) is 1.92. The molecule has 0 aliphatic carbocycles. The van der Waals surface area contributed by atoms with Gasteiger partial charge in [-0.1, -0.05) is 47.5 Å². The zero-order valence-electron chi connectivity index (χ0n) is 10.4. The molecular weight excluding hydrogens is 281 g/mol. The highest BCUT2D eigenvalue weighted by Crippen LogP contribution is 2.19. The number of ether oxygens (including phenoxy) is 1. The normalized spacial score (nSPS) is 10.4. The van der Waals surface area contributed by atoms with Gasteiger partial charge in [0.05, 0.1) is 23.9 Å². The van der Waals surface area contributed by atoms with E-state index in [0.29, 0.717) is 13.2 Å². The molecule has 4 heteroatoms. The first kappa shape index (κ1) is 14.2. The molecule has 0 bridgehead atoms. The van der Waals surface area contributed by atoms with Crippen LogP contribution in [0.15, 0.2) is 48.5 Å². The van der Waals surface area contributed by atoms with E-state index in [1.807, 2.05) is 48.5 Å². The number of rotatable bonds is 6. The maximum absolute atomic E-state index is 6.03. The Morgan fingerprint density at radius 3 is 2.42 bits per heavy atom. The minimum atomic E-state index is 0.585. The Bertz CT molecular complexity index is 514. The molecular formula is C15H15Cl2NO. The first-order chi connectivity index (χ1) is 9.25. The van der Waals surface area contributed by atoms with E-state index >= 15 is 0 Å². The van der Waals surface area contributed by atoms with Crippen LogP contribution in [0.25, 0.3) is 0 Å². The molecule has 0 spiro atoms. The molecule has 0 unspecified atom stereocenters. The zero-order valence-corrected chi connectivity index (χ0v) is 11.9. The van der Waals surface area contributed by atoms with E-state index in [2.05, 4.69) is 5.32 Å². The molecule has 0 aromatic heterocycles. The highest BCUT2D eigenvalue weighted by molar-refractivity contribution is 6.33. The van der Waals surface area contributed by atoms with Crippen LogP contribution >= 0.6 is 23.2 Å². The SMILES string of the molecule is Clc1ccc(COCCNc2ccccc2Cl)cc1. The number of halogens is 2. The quantitative estimate of drug-likeness (QED) is 0.785. The van der Waals surface area contributed by atoms with E-state index in [4.69, 9.17) is 27.9 Å². The van der Waals surface area contributed by atoms with Crippen molar-refractivity contribution in [2.75, 3.05) is 18.5 Å². The van der Waals surface area contributed by atoms with E-state index in [-0.39, 0.29) is 0 Å². The molecule has 0 saturated heterocycles. The van der Waals surface area contributed by atoms with Gasteiger partial charge in [0.2, 0.25) is 0 Å². The second kappa shape index (κ2) is 7.39. The molecule has 100 valence electrons. The van der Waals surface area contributed by atoms with Crippen LogP contribution < -0.4 is 5.32 Å². The molecule has 19 heavy (non-hydrogen) atoms. The molecule has 0 fully saturated rings. The van der Waals surface area contributed by atoms with Crippen molar-refractivity contribution in [3.05, 3.63) is 64.1 Å². The van der Waals surface area contributed by atoms with Crippen molar-refractivity contribution in [3.63, 3.8) is 0 Å². The molecule has 1 N–H and O–H groups in total. The lowest BCUT2D eigenvalue weighted by Gasteiger charge is -2.08. The third kappa shape index (κ3) is 4.75.